The van der Waals surface area contributed by atoms with Crippen LogP contribution in [-0.2, 0) is 28.0 Å². The van der Waals surface area contributed by atoms with Gasteiger partial charge in [-0.15, -0.1) is 0 Å². The van der Waals surface area contributed by atoms with E-state index in [2.05, 4.69) is 0 Å². The number of nitro benzene ring substituents is 1. The Kier molecular flexibility index (Phi) is 6.72. The van der Waals surface area contributed by atoms with Crippen LogP contribution in [-0.4, -0.2) is 43.5 Å². The number of amides is 1. The van der Waals surface area contributed by atoms with E-state index < -0.39 is 22.9 Å². The van der Waals surface area contributed by atoms with E-state index in [0.717, 1.165) is 16.2 Å². The maximum absolute atomic E-state index is 13.3. The third-order valence-corrected chi connectivity index (χ3v) is 7.69. The van der Waals surface area contributed by atoms with E-state index in [1.807, 2.05) is 34.6 Å². The number of fused-ring (bicyclic) bond motifs is 2. The molecule has 0 bridgehead atoms. The smallest absolute Gasteiger partial charge is 0.355 e. The minimum absolute atomic E-state index is 0. The van der Waals surface area contributed by atoms with Gasteiger partial charge in [0.25, 0.3) is 5.69 Å². The molecule has 4 heterocycles. The first-order valence-corrected chi connectivity index (χ1v) is 11.7. The molecule has 1 N–H and O–H groups in total. The fourth-order valence-electron chi connectivity index (χ4n) is 4.75. The maximum Gasteiger partial charge on any atom is 0.355 e. The van der Waals surface area contributed by atoms with Crippen LogP contribution in [0.1, 0.15) is 30.3 Å². The first kappa shape index (κ1) is 25.3. The molecule has 0 radical (unpaired) electrons. The number of carbonyl (C=O) groups excluding carboxylic acids is 2. The van der Waals surface area contributed by atoms with Crippen LogP contribution in [0.3, 0.4) is 0 Å². The minimum Gasteiger partial charge on any atom is -1.00 e. The molecule has 12 heteroatoms. The monoisotopic (exact) mass is 610 g/mol. The Bertz CT molecular complexity index is 1380. The van der Waals surface area contributed by atoms with Crippen LogP contribution >= 0.6 is 11.3 Å². The van der Waals surface area contributed by atoms with Gasteiger partial charge in [-0.05, 0) is 24.6 Å². The molecule has 35 heavy (non-hydrogen) atoms. The second-order valence-electron chi connectivity index (χ2n) is 8.68. The molecule has 0 aliphatic carbocycles. The van der Waals surface area contributed by atoms with Crippen LogP contribution in [0.25, 0.3) is 10.4 Å². The van der Waals surface area contributed by atoms with Crippen molar-refractivity contribution in [3.8, 4) is 0 Å². The standard InChI is InChI=1S/C23H23N4O6S.HI/c1-12-22-25(11-24(12)3)18(10-34-22)16-8-17-19(13(2)28)21(29)26(17)20(16)23(30)33-9-14-4-6-15(7-5-14)27(31)32;/h4-7,10-11,13,17,19,28H,8-9H2,1-3H3;1H/q+1;/p-1/t13-,17-,19-;/m1./s1. The van der Waals surface area contributed by atoms with Crippen molar-refractivity contribution in [1.82, 2.24) is 9.47 Å². The Labute approximate surface area is 221 Å². The Morgan fingerprint density at radius 2 is 2.06 bits per heavy atom. The van der Waals surface area contributed by atoms with E-state index in [9.17, 15) is 24.8 Å². The molecule has 2 aliphatic heterocycles. The largest absolute Gasteiger partial charge is 1.00 e. The van der Waals surface area contributed by atoms with Crippen LogP contribution in [0.15, 0.2) is 41.7 Å². The highest BCUT2D eigenvalue weighted by molar-refractivity contribution is 7.15. The van der Waals surface area contributed by atoms with Crippen molar-refractivity contribution < 1.29 is 52.7 Å². The third kappa shape index (κ3) is 4.02. The number of benzene rings is 1. The Morgan fingerprint density at radius 3 is 2.69 bits per heavy atom. The fourth-order valence-corrected chi connectivity index (χ4v) is 5.81. The van der Waals surface area contributed by atoms with Crippen LogP contribution in [0, 0.1) is 23.0 Å². The van der Waals surface area contributed by atoms with Crippen LogP contribution in [0.4, 0.5) is 5.69 Å². The highest BCUT2D eigenvalue weighted by atomic mass is 127. The summed E-state index contributed by atoms with van der Waals surface area (Å²) in [5, 5.41) is 22.9. The van der Waals surface area contributed by atoms with E-state index in [4.69, 9.17) is 4.74 Å². The number of halogens is 1. The molecule has 2 aromatic heterocycles. The number of esters is 1. The number of imidazole rings is 1. The van der Waals surface area contributed by atoms with Gasteiger partial charge in [0.05, 0.1) is 30.0 Å². The topological polar surface area (TPSA) is 119 Å². The van der Waals surface area contributed by atoms with Gasteiger partial charge < -0.3 is 38.7 Å². The number of ether oxygens (including phenoxy) is 1. The van der Waals surface area contributed by atoms with Gasteiger partial charge in [0.15, 0.2) is 5.69 Å². The van der Waals surface area contributed by atoms with Gasteiger partial charge in [-0.3, -0.25) is 14.9 Å². The SMILES string of the molecule is Cc1c2scc(C3=C(C(=O)OCc4ccc([N+](=O)[O-])cc4)N4C(=O)[C@H]([C@@H](C)O)[C@H]4C3)[n+]2cn1C.[I-]. The number of rotatable bonds is 6. The molecule has 1 amide bonds. The van der Waals surface area contributed by atoms with E-state index in [-0.39, 0.29) is 53.9 Å². The predicted molar refractivity (Wildman–Crippen MR) is 121 cm³/mol. The molecule has 184 valence electrons. The molecule has 0 spiro atoms. The third-order valence-electron chi connectivity index (χ3n) is 6.64. The number of aromatic nitrogens is 2. The summed E-state index contributed by atoms with van der Waals surface area (Å²) in [6.45, 7) is 3.51. The number of carbonyl (C=O) groups is 2. The zero-order chi connectivity index (χ0) is 24.3. The first-order chi connectivity index (χ1) is 16.2. The summed E-state index contributed by atoms with van der Waals surface area (Å²) in [7, 11) is 1.95. The van der Waals surface area contributed by atoms with E-state index in [1.54, 1.807) is 18.3 Å². The summed E-state index contributed by atoms with van der Waals surface area (Å²) in [5.74, 6) is -1.49. The molecule has 1 saturated heterocycles. The van der Waals surface area contributed by atoms with Gasteiger partial charge in [-0.2, -0.15) is 4.40 Å². The van der Waals surface area contributed by atoms with Crippen molar-refractivity contribution in [2.24, 2.45) is 13.0 Å². The highest BCUT2D eigenvalue weighted by Gasteiger charge is 2.57. The quantitative estimate of drug-likeness (QED) is 0.0967. The predicted octanol–water partition coefficient (Wildman–Crippen LogP) is -0.888. The van der Waals surface area contributed by atoms with Gasteiger partial charge in [0, 0.05) is 36.4 Å². The molecule has 1 aromatic carbocycles. The van der Waals surface area contributed by atoms with Crippen molar-refractivity contribution in [1.29, 1.82) is 0 Å². The van der Waals surface area contributed by atoms with E-state index in [1.165, 1.54) is 29.2 Å². The molecule has 2 aliphatic rings. The molecule has 3 aromatic rings. The molecule has 0 saturated carbocycles. The van der Waals surface area contributed by atoms with E-state index in [0.29, 0.717) is 17.6 Å². The maximum atomic E-state index is 13.3. The lowest BCUT2D eigenvalue weighted by atomic mass is 9.83. The number of hydrogen-bond donors (Lipinski definition) is 1. The van der Waals surface area contributed by atoms with Crippen molar-refractivity contribution in [3.05, 3.63) is 68.7 Å². The molecular formula is C23H23IN4O6S. The van der Waals surface area contributed by atoms with Crippen molar-refractivity contribution in [2.45, 2.75) is 39.0 Å². The lowest BCUT2D eigenvalue weighted by Gasteiger charge is -2.44. The Balaban J connectivity index is 0.00000289. The number of hydrogen-bond acceptors (Lipinski definition) is 7. The number of nitro groups is 1. The Hall–Kier alpha value is -2.84. The molecular weight excluding hydrogens is 587 g/mol. The van der Waals surface area contributed by atoms with Crippen molar-refractivity contribution in [3.63, 3.8) is 0 Å². The zero-order valence-electron chi connectivity index (χ0n) is 19.2. The van der Waals surface area contributed by atoms with Crippen molar-refractivity contribution in [2.75, 3.05) is 0 Å². The summed E-state index contributed by atoms with van der Waals surface area (Å²) in [5.41, 5.74) is 3.35. The molecule has 5 rings (SSSR count). The summed E-state index contributed by atoms with van der Waals surface area (Å²) in [4.78, 5) is 39.0. The summed E-state index contributed by atoms with van der Waals surface area (Å²) in [6, 6.07) is 5.46. The van der Waals surface area contributed by atoms with Gasteiger partial charge in [0.2, 0.25) is 17.1 Å². The number of β-lactam (4-membered cyclic amide) rings is 1. The number of aliphatic hydroxyl groups excluding tert-OH is 1. The summed E-state index contributed by atoms with van der Waals surface area (Å²) < 4.78 is 9.55. The van der Waals surface area contributed by atoms with Gasteiger partial charge >= 0.3 is 5.97 Å². The highest BCUT2D eigenvalue weighted by Crippen LogP contribution is 2.47. The molecule has 3 atom stereocenters. The molecule has 10 nitrogen and oxygen atoms in total. The average molecular weight is 610 g/mol. The van der Waals surface area contributed by atoms with E-state index >= 15 is 0 Å². The number of aryl methyl sites for hydroxylation is 2. The fraction of sp³-hybridized carbons (Fsp3) is 0.348. The number of aliphatic hydroxyl groups is 1. The summed E-state index contributed by atoms with van der Waals surface area (Å²) >= 11 is 1.55. The molecule has 0 unspecified atom stereocenters. The van der Waals surface area contributed by atoms with Gasteiger partial charge in [-0.25, -0.2) is 9.36 Å². The Morgan fingerprint density at radius 1 is 1.37 bits per heavy atom. The number of non-ortho nitro benzene ring substituents is 1. The number of thiazole rings is 1. The molecule has 1 fully saturated rings. The van der Waals surface area contributed by atoms with Crippen LogP contribution in [0.5, 0.6) is 0 Å². The van der Waals surface area contributed by atoms with Crippen LogP contribution < -0.4 is 28.4 Å². The average Bonchev–Trinajstić information content (AvgIpc) is 3.43. The van der Waals surface area contributed by atoms with Gasteiger partial charge in [-0.1, -0.05) is 11.3 Å². The van der Waals surface area contributed by atoms with Crippen LogP contribution in [0.2, 0.25) is 0 Å². The zero-order valence-corrected chi connectivity index (χ0v) is 22.1. The summed E-state index contributed by atoms with van der Waals surface area (Å²) in [6.07, 6.45) is 1.56. The lowest BCUT2D eigenvalue weighted by Crippen LogP contribution is -3.00. The second-order valence-corrected chi connectivity index (χ2v) is 9.54. The minimum atomic E-state index is -0.820. The van der Waals surface area contributed by atoms with Gasteiger partial charge in [0.1, 0.15) is 18.0 Å². The number of nitrogens with zero attached hydrogens (tertiary/aromatic N) is 4. The van der Waals surface area contributed by atoms with Crippen molar-refractivity contribution >= 4 is 39.3 Å². The lowest BCUT2D eigenvalue weighted by molar-refractivity contribution is -0.511. The second kappa shape index (κ2) is 9.32. The first-order valence-electron chi connectivity index (χ1n) is 10.8. The normalized spacial score (nSPS) is 19.9.